The quantitative estimate of drug-likeness (QED) is 0.821. The number of nitrogens with two attached hydrogens (primary N) is 1. The Bertz CT molecular complexity index is 398. The molecule has 1 aliphatic rings. The second-order valence-electron chi connectivity index (χ2n) is 5.34. The molecule has 0 aliphatic heterocycles. The molecule has 1 aromatic rings. The van der Waals surface area contributed by atoms with Gasteiger partial charge in [-0.2, -0.15) is 0 Å². The Kier molecular flexibility index (Phi) is 4.80. The molecule has 0 heterocycles. The minimum absolute atomic E-state index is 0.297. The van der Waals surface area contributed by atoms with Crippen molar-refractivity contribution >= 4 is 11.8 Å². The molecule has 1 fully saturated rings. The molecule has 104 valence electrons. The largest absolute Gasteiger partial charge is 0.447 e. The molecule has 2 rings (SSSR count). The molecule has 1 aliphatic carbocycles. The standard InChI is InChI=1S/C15H22N2O2/c16-15(10-6-1-2-7-11-15)12-19-14(18)17-13-8-4-3-5-9-13/h3-5,8-9H,1-2,6-7,10-12,16H2,(H,17,18). The van der Waals surface area contributed by atoms with E-state index in [1.807, 2.05) is 30.3 Å². The molecule has 0 atom stereocenters. The zero-order valence-corrected chi connectivity index (χ0v) is 11.2. The van der Waals surface area contributed by atoms with Gasteiger partial charge in [0, 0.05) is 5.69 Å². The van der Waals surface area contributed by atoms with Gasteiger partial charge in [-0.3, -0.25) is 5.32 Å². The first-order valence-corrected chi connectivity index (χ1v) is 6.96. The van der Waals surface area contributed by atoms with Crippen LogP contribution in [0.2, 0.25) is 0 Å². The lowest BCUT2D eigenvalue weighted by Crippen LogP contribution is -2.45. The molecule has 3 N–H and O–H groups in total. The molecule has 4 heteroatoms. The van der Waals surface area contributed by atoms with E-state index < -0.39 is 6.09 Å². The van der Waals surface area contributed by atoms with E-state index in [0.717, 1.165) is 31.4 Å². The van der Waals surface area contributed by atoms with Crippen molar-refractivity contribution in [2.24, 2.45) is 5.73 Å². The summed E-state index contributed by atoms with van der Waals surface area (Å²) in [6.45, 7) is 0.297. The van der Waals surface area contributed by atoms with Gasteiger partial charge in [-0.1, -0.05) is 43.9 Å². The Labute approximate surface area is 114 Å². The van der Waals surface area contributed by atoms with Gasteiger partial charge in [0.2, 0.25) is 0 Å². The summed E-state index contributed by atoms with van der Waals surface area (Å²) in [6, 6.07) is 9.28. The molecule has 0 bridgehead atoms. The molecular formula is C15H22N2O2. The van der Waals surface area contributed by atoms with Crippen molar-refractivity contribution in [2.75, 3.05) is 11.9 Å². The summed E-state index contributed by atoms with van der Waals surface area (Å²) < 4.78 is 5.27. The summed E-state index contributed by atoms with van der Waals surface area (Å²) in [7, 11) is 0. The van der Waals surface area contributed by atoms with E-state index in [4.69, 9.17) is 10.5 Å². The zero-order chi connectivity index (χ0) is 13.6. The number of carbonyl (C=O) groups excluding carboxylic acids is 1. The fourth-order valence-corrected chi connectivity index (χ4v) is 2.46. The number of para-hydroxylation sites is 1. The van der Waals surface area contributed by atoms with Gasteiger partial charge in [-0.15, -0.1) is 0 Å². The van der Waals surface area contributed by atoms with Crippen LogP contribution in [0.25, 0.3) is 0 Å². The third-order valence-electron chi connectivity index (χ3n) is 3.61. The van der Waals surface area contributed by atoms with E-state index in [0.29, 0.717) is 6.61 Å². The third-order valence-corrected chi connectivity index (χ3v) is 3.61. The van der Waals surface area contributed by atoms with Crippen molar-refractivity contribution in [3.05, 3.63) is 30.3 Å². The number of rotatable bonds is 3. The van der Waals surface area contributed by atoms with Crippen LogP contribution < -0.4 is 11.1 Å². The van der Waals surface area contributed by atoms with E-state index in [9.17, 15) is 4.79 Å². The summed E-state index contributed by atoms with van der Waals surface area (Å²) >= 11 is 0. The fourth-order valence-electron chi connectivity index (χ4n) is 2.46. The first-order valence-electron chi connectivity index (χ1n) is 6.96. The van der Waals surface area contributed by atoms with Gasteiger partial charge in [0.05, 0.1) is 5.54 Å². The maximum Gasteiger partial charge on any atom is 0.411 e. The van der Waals surface area contributed by atoms with Gasteiger partial charge in [0.15, 0.2) is 0 Å². The van der Waals surface area contributed by atoms with E-state index in [1.54, 1.807) is 0 Å². The lowest BCUT2D eigenvalue weighted by atomic mass is 9.93. The van der Waals surface area contributed by atoms with Crippen molar-refractivity contribution in [2.45, 2.75) is 44.1 Å². The highest BCUT2D eigenvalue weighted by molar-refractivity contribution is 5.84. The van der Waals surface area contributed by atoms with Gasteiger partial charge in [0.1, 0.15) is 6.61 Å². The Morgan fingerprint density at radius 3 is 2.42 bits per heavy atom. The second-order valence-corrected chi connectivity index (χ2v) is 5.34. The second kappa shape index (κ2) is 6.57. The van der Waals surface area contributed by atoms with Crippen LogP contribution in [-0.2, 0) is 4.74 Å². The average molecular weight is 262 g/mol. The summed E-state index contributed by atoms with van der Waals surface area (Å²) in [5.74, 6) is 0. The van der Waals surface area contributed by atoms with Crippen molar-refractivity contribution in [1.29, 1.82) is 0 Å². The molecule has 0 radical (unpaired) electrons. The lowest BCUT2D eigenvalue weighted by Gasteiger charge is -2.27. The Balaban J connectivity index is 1.79. The van der Waals surface area contributed by atoms with Crippen LogP contribution in [0.3, 0.4) is 0 Å². The number of amides is 1. The summed E-state index contributed by atoms with van der Waals surface area (Å²) in [5.41, 5.74) is 6.69. The number of ether oxygens (including phenoxy) is 1. The van der Waals surface area contributed by atoms with Crippen LogP contribution in [0.1, 0.15) is 38.5 Å². The Morgan fingerprint density at radius 2 is 1.79 bits per heavy atom. The first kappa shape index (κ1) is 13.9. The van der Waals surface area contributed by atoms with E-state index in [1.165, 1.54) is 12.8 Å². The molecule has 0 spiro atoms. The molecule has 4 nitrogen and oxygen atoms in total. The summed E-state index contributed by atoms with van der Waals surface area (Å²) in [4.78, 5) is 11.7. The normalized spacial score (nSPS) is 18.4. The predicted molar refractivity (Wildman–Crippen MR) is 76.0 cm³/mol. The van der Waals surface area contributed by atoms with Crippen LogP contribution in [0.4, 0.5) is 10.5 Å². The number of hydrogen-bond acceptors (Lipinski definition) is 3. The number of benzene rings is 1. The molecule has 0 saturated heterocycles. The number of anilines is 1. The maximum absolute atomic E-state index is 11.7. The highest BCUT2D eigenvalue weighted by Gasteiger charge is 2.27. The number of nitrogens with one attached hydrogen (secondary N) is 1. The highest BCUT2D eigenvalue weighted by atomic mass is 16.5. The van der Waals surface area contributed by atoms with Crippen LogP contribution in [0.15, 0.2) is 30.3 Å². The molecule has 0 unspecified atom stereocenters. The molecule has 1 amide bonds. The average Bonchev–Trinajstić information content (AvgIpc) is 2.63. The van der Waals surface area contributed by atoms with E-state index in [-0.39, 0.29) is 5.54 Å². The fraction of sp³-hybridized carbons (Fsp3) is 0.533. The Hall–Kier alpha value is -1.55. The summed E-state index contributed by atoms with van der Waals surface area (Å²) in [5, 5.41) is 2.70. The van der Waals surface area contributed by atoms with Gasteiger partial charge >= 0.3 is 6.09 Å². The van der Waals surface area contributed by atoms with Crippen molar-refractivity contribution in [3.8, 4) is 0 Å². The third kappa shape index (κ3) is 4.56. The first-order chi connectivity index (χ1) is 9.18. The van der Waals surface area contributed by atoms with E-state index in [2.05, 4.69) is 5.32 Å². The summed E-state index contributed by atoms with van der Waals surface area (Å²) in [6.07, 6.45) is 6.15. The van der Waals surface area contributed by atoms with Gasteiger partial charge in [0.25, 0.3) is 0 Å². The monoisotopic (exact) mass is 262 g/mol. The Morgan fingerprint density at radius 1 is 1.16 bits per heavy atom. The van der Waals surface area contributed by atoms with Crippen LogP contribution in [0, 0.1) is 0 Å². The SMILES string of the molecule is NC1(COC(=O)Nc2ccccc2)CCCCCC1. The molecular weight excluding hydrogens is 240 g/mol. The molecule has 19 heavy (non-hydrogen) atoms. The zero-order valence-electron chi connectivity index (χ0n) is 11.2. The van der Waals surface area contributed by atoms with Crippen LogP contribution in [-0.4, -0.2) is 18.2 Å². The van der Waals surface area contributed by atoms with Crippen molar-refractivity contribution < 1.29 is 9.53 Å². The lowest BCUT2D eigenvalue weighted by molar-refractivity contribution is 0.122. The van der Waals surface area contributed by atoms with Crippen LogP contribution in [0.5, 0.6) is 0 Å². The molecule has 1 saturated carbocycles. The maximum atomic E-state index is 11.7. The van der Waals surface area contributed by atoms with Crippen molar-refractivity contribution in [3.63, 3.8) is 0 Å². The number of carbonyl (C=O) groups is 1. The van der Waals surface area contributed by atoms with E-state index >= 15 is 0 Å². The highest BCUT2D eigenvalue weighted by Crippen LogP contribution is 2.25. The molecule has 1 aromatic carbocycles. The minimum atomic E-state index is -0.430. The van der Waals surface area contributed by atoms with Crippen molar-refractivity contribution in [1.82, 2.24) is 0 Å². The van der Waals surface area contributed by atoms with Gasteiger partial charge in [-0.25, -0.2) is 4.79 Å². The van der Waals surface area contributed by atoms with Gasteiger partial charge < -0.3 is 10.5 Å². The smallest absolute Gasteiger partial charge is 0.411 e. The number of hydrogen-bond donors (Lipinski definition) is 2. The predicted octanol–water partition coefficient (Wildman–Crippen LogP) is 3.29. The topological polar surface area (TPSA) is 64.3 Å². The van der Waals surface area contributed by atoms with Gasteiger partial charge in [-0.05, 0) is 25.0 Å². The van der Waals surface area contributed by atoms with Crippen LogP contribution >= 0.6 is 0 Å². The minimum Gasteiger partial charge on any atom is -0.447 e. The molecule has 0 aromatic heterocycles.